The third-order valence-electron chi connectivity index (χ3n) is 4.83. The molecule has 2 heteroatoms. The van der Waals surface area contributed by atoms with E-state index in [-0.39, 0.29) is 11.3 Å². The number of hydrogen-bond acceptors (Lipinski definition) is 2. The van der Waals surface area contributed by atoms with Crippen LogP contribution in [0.4, 0.5) is 0 Å². The van der Waals surface area contributed by atoms with Crippen LogP contribution in [0.15, 0.2) is 24.3 Å². The first-order valence-electron chi connectivity index (χ1n) is 8.22. The maximum absolute atomic E-state index is 12.4. The second-order valence-corrected chi connectivity index (χ2v) is 7.54. The summed E-state index contributed by atoms with van der Waals surface area (Å²) in [6.45, 7) is 7.41. The third kappa shape index (κ3) is 4.41. The van der Waals surface area contributed by atoms with E-state index in [0.29, 0.717) is 18.1 Å². The van der Waals surface area contributed by atoms with Crippen LogP contribution in [0.5, 0.6) is 0 Å². The van der Waals surface area contributed by atoms with Crippen LogP contribution in [0.1, 0.15) is 57.6 Å². The first-order chi connectivity index (χ1) is 9.90. The minimum atomic E-state index is 0.170. The minimum Gasteiger partial charge on any atom is -0.330 e. The van der Waals surface area contributed by atoms with E-state index in [0.717, 1.165) is 37.8 Å². The maximum atomic E-state index is 12.4. The Kier molecular flexibility index (Phi) is 5.21. The summed E-state index contributed by atoms with van der Waals surface area (Å²) in [4.78, 5) is 12.4. The number of Topliss-reactive ketones (excluding diaryl/α,β-unsaturated/α-hetero) is 1. The van der Waals surface area contributed by atoms with Gasteiger partial charge in [0.05, 0.1) is 0 Å². The summed E-state index contributed by atoms with van der Waals surface area (Å²) in [5, 5.41) is 0. The molecule has 0 atom stereocenters. The fourth-order valence-electron chi connectivity index (χ4n) is 3.19. The van der Waals surface area contributed by atoms with Crippen LogP contribution in [-0.2, 0) is 16.6 Å². The molecule has 1 saturated carbocycles. The lowest BCUT2D eigenvalue weighted by Crippen LogP contribution is -2.26. The van der Waals surface area contributed by atoms with E-state index in [9.17, 15) is 4.79 Å². The zero-order chi connectivity index (χ0) is 15.5. The van der Waals surface area contributed by atoms with Gasteiger partial charge in [-0.1, -0.05) is 45.0 Å². The van der Waals surface area contributed by atoms with Crippen molar-refractivity contribution in [2.24, 2.45) is 17.6 Å². The van der Waals surface area contributed by atoms with E-state index in [1.807, 2.05) is 0 Å². The lowest BCUT2D eigenvalue weighted by Gasteiger charge is -2.26. The smallest absolute Gasteiger partial charge is 0.140 e. The van der Waals surface area contributed by atoms with Crippen molar-refractivity contribution < 1.29 is 4.79 Å². The van der Waals surface area contributed by atoms with E-state index in [1.165, 1.54) is 5.56 Å². The molecule has 0 aromatic heterocycles. The van der Waals surface area contributed by atoms with Crippen molar-refractivity contribution in [2.45, 2.75) is 58.3 Å². The van der Waals surface area contributed by atoms with Gasteiger partial charge in [-0.05, 0) is 54.7 Å². The van der Waals surface area contributed by atoms with Gasteiger partial charge in [0.15, 0.2) is 0 Å². The van der Waals surface area contributed by atoms with Crippen LogP contribution in [0.25, 0.3) is 0 Å². The fourth-order valence-corrected chi connectivity index (χ4v) is 3.19. The molecule has 0 unspecified atom stereocenters. The number of benzene rings is 1. The predicted octanol–water partition coefficient (Wildman–Crippen LogP) is 3.86. The molecule has 1 aromatic rings. The topological polar surface area (TPSA) is 43.1 Å². The van der Waals surface area contributed by atoms with Gasteiger partial charge in [0, 0.05) is 12.3 Å². The van der Waals surface area contributed by atoms with E-state index < -0.39 is 0 Å². The lowest BCUT2D eigenvalue weighted by molar-refractivity contribution is -0.123. The Balaban J connectivity index is 1.91. The molecule has 0 amide bonds. The average Bonchev–Trinajstić information content (AvgIpc) is 2.47. The van der Waals surface area contributed by atoms with Crippen molar-refractivity contribution in [2.75, 3.05) is 6.54 Å². The molecule has 21 heavy (non-hydrogen) atoms. The number of rotatable bonds is 4. The van der Waals surface area contributed by atoms with Crippen LogP contribution < -0.4 is 5.73 Å². The molecule has 1 fully saturated rings. The molecule has 1 aliphatic carbocycles. The monoisotopic (exact) mass is 287 g/mol. The van der Waals surface area contributed by atoms with Gasteiger partial charge < -0.3 is 5.73 Å². The second kappa shape index (κ2) is 6.74. The summed E-state index contributed by atoms with van der Waals surface area (Å²) in [6, 6.07) is 8.55. The molecule has 0 saturated heterocycles. The summed E-state index contributed by atoms with van der Waals surface area (Å²) in [7, 11) is 0. The third-order valence-corrected chi connectivity index (χ3v) is 4.83. The molecular formula is C19H29NO. The molecule has 2 nitrogen and oxygen atoms in total. The first kappa shape index (κ1) is 16.2. The van der Waals surface area contributed by atoms with Crippen molar-refractivity contribution in [3.05, 3.63) is 35.4 Å². The quantitative estimate of drug-likeness (QED) is 0.913. The molecule has 0 aliphatic heterocycles. The van der Waals surface area contributed by atoms with Crippen LogP contribution >= 0.6 is 0 Å². The fraction of sp³-hybridized carbons (Fsp3) is 0.632. The summed E-state index contributed by atoms with van der Waals surface area (Å²) in [6.07, 6.45) is 4.88. The van der Waals surface area contributed by atoms with Gasteiger partial charge >= 0.3 is 0 Å². The Morgan fingerprint density at radius 1 is 1.10 bits per heavy atom. The first-order valence-corrected chi connectivity index (χ1v) is 8.22. The zero-order valence-electron chi connectivity index (χ0n) is 13.7. The van der Waals surface area contributed by atoms with E-state index in [1.54, 1.807) is 0 Å². The molecule has 1 aromatic carbocycles. The highest BCUT2D eigenvalue weighted by Gasteiger charge is 2.25. The SMILES string of the molecule is CC(C)(C)c1ccc(CC(=O)C2CCC(CN)CC2)cc1. The van der Waals surface area contributed by atoms with Crippen LogP contribution in [0, 0.1) is 11.8 Å². The Morgan fingerprint density at radius 3 is 2.14 bits per heavy atom. The highest BCUT2D eigenvalue weighted by molar-refractivity contribution is 5.83. The minimum absolute atomic E-state index is 0.170. The number of carbonyl (C=O) groups is 1. The van der Waals surface area contributed by atoms with Gasteiger partial charge in [-0.15, -0.1) is 0 Å². The molecule has 2 rings (SSSR count). The van der Waals surface area contributed by atoms with E-state index in [4.69, 9.17) is 5.73 Å². The number of nitrogens with two attached hydrogens (primary N) is 1. The molecular weight excluding hydrogens is 258 g/mol. The Hall–Kier alpha value is -1.15. The Bertz CT molecular complexity index is 461. The van der Waals surface area contributed by atoms with Gasteiger partial charge in [-0.3, -0.25) is 4.79 Å². The van der Waals surface area contributed by atoms with Gasteiger partial charge in [-0.2, -0.15) is 0 Å². The predicted molar refractivity (Wildman–Crippen MR) is 88.4 cm³/mol. The van der Waals surface area contributed by atoms with Crippen LogP contribution in [-0.4, -0.2) is 12.3 Å². The van der Waals surface area contributed by atoms with E-state index >= 15 is 0 Å². The molecule has 0 bridgehead atoms. The molecule has 1 aliphatic rings. The number of ketones is 1. The van der Waals surface area contributed by atoms with Crippen molar-refractivity contribution in [1.29, 1.82) is 0 Å². The summed E-state index contributed by atoms with van der Waals surface area (Å²) >= 11 is 0. The van der Waals surface area contributed by atoms with Gasteiger partial charge in [0.25, 0.3) is 0 Å². The van der Waals surface area contributed by atoms with Crippen molar-refractivity contribution in [1.82, 2.24) is 0 Å². The number of hydrogen-bond donors (Lipinski definition) is 1. The van der Waals surface area contributed by atoms with Gasteiger partial charge in [0.1, 0.15) is 5.78 Å². The molecule has 2 N–H and O–H groups in total. The standard InChI is InChI=1S/C19H29NO/c1-19(2,3)17-10-6-14(7-11-17)12-18(21)16-8-4-15(13-20)5-9-16/h6-7,10-11,15-16H,4-5,8-9,12-13,20H2,1-3H3. The molecule has 0 spiro atoms. The van der Waals surface area contributed by atoms with Crippen molar-refractivity contribution in [3.63, 3.8) is 0 Å². The maximum Gasteiger partial charge on any atom is 0.140 e. The van der Waals surface area contributed by atoms with Crippen molar-refractivity contribution in [3.8, 4) is 0 Å². The van der Waals surface area contributed by atoms with Gasteiger partial charge in [-0.25, -0.2) is 0 Å². The molecule has 0 heterocycles. The van der Waals surface area contributed by atoms with Gasteiger partial charge in [0.2, 0.25) is 0 Å². The van der Waals surface area contributed by atoms with Crippen LogP contribution in [0.2, 0.25) is 0 Å². The van der Waals surface area contributed by atoms with E-state index in [2.05, 4.69) is 45.0 Å². The highest BCUT2D eigenvalue weighted by Crippen LogP contribution is 2.29. The molecule has 116 valence electrons. The highest BCUT2D eigenvalue weighted by atomic mass is 16.1. The Morgan fingerprint density at radius 2 is 1.67 bits per heavy atom. The lowest BCUT2D eigenvalue weighted by atomic mass is 9.79. The normalized spacial score (nSPS) is 23.0. The zero-order valence-corrected chi connectivity index (χ0v) is 13.7. The second-order valence-electron chi connectivity index (χ2n) is 7.54. The number of carbonyl (C=O) groups excluding carboxylic acids is 1. The largest absolute Gasteiger partial charge is 0.330 e. The Labute approximate surface area is 129 Å². The summed E-state index contributed by atoms with van der Waals surface area (Å²) in [5.74, 6) is 1.31. The van der Waals surface area contributed by atoms with Crippen molar-refractivity contribution >= 4 is 5.78 Å². The summed E-state index contributed by atoms with van der Waals surface area (Å²) in [5.41, 5.74) is 8.35. The molecule has 0 radical (unpaired) electrons. The average molecular weight is 287 g/mol. The van der Waals surface area contributed by atoms with Crippen LogP contribution in [0.3, 0.4) is 0 Å². The summed E-state index contributed by atoms with van der Waals surface area (Å²) < 4.78 is 0.